The molecule has 23 heavy (non-hydrogen) atoms. The second-order valence-electron chi connectivity index (χ2n) is 6.58. The number of halogens is 2. The van der Waals surface area contributed by atoms with E-state index in [-0.39, 0.29) is 29.2 Å². The summed E-state index contributed by atoms with van der Waals surface area (Å²) in [5.74, 6) is -0.794. The minimum Gasteiger partial charge on any atom is -0.327 e. The molecule has 1 heterocycles. The lowest BCUT2D eigenvalue weighted by Gasteiger charge is -2.34. The average molecular weight is 344 g/mol. The Bertz CT molecular complexity index is 669. The average Bonchev–Trinajstić information content (AvgIpc) is 3.36. The second kappa shape index (κ2) is 6.45. The summed E-state index contributed by atoms with van der Waals surface area (Å²) in [7, 11) is -3.13. The van der Waals surface area contributed by atoms with Crippen LogP contribution < -0.4 is 5.73 Å². The largest absolute Gasteiger partial charge is 0.327 e. The molecule has 1 saturated carbocycles. The summed E-state index contributed by atoms with van der Waals surface area (Å²) in [5.41, 5.74) is 6.45. The molecule has 7 heteroatoms. The zero-order valence-corrected chi connectivity index (χ0v) is 13.7. The quantitative estimate of drug-likeness (QED) is 0.889. The van der Waals surface area contributed by atoms with Gasteiger partial charge in [-0.05, 0) is 61.8 Å². The summed E-state index contributed by atoms with van der Waals surface area (Å²) < 4.78 is 52.9. The van der Waals surface area contributed by atoms with Crippen LogP contribution in [0.4, 0.5) is 8.78 Å². The van der Waals surface area contributed by atoms with Gasteiger partial charge in [0, 0.05) is 19.1 Å². The summed E-state index contributed by atoms with van der Waals surface area (Å²) in [6, 6.07) is 3.09. The van der Waals surface area contributed by atoms with Crippen LogP contribution in [0, 0.1) is 17.6 Å². The van der Waals surface area contributed by atoms with Crippen molar-refractivity contribution in [2.75, 3.05) is 13.1 Å². The summed E-state index contributed by atoms with van der Waals surface area (Å²) >= 11 is 0. The molecular formula is C16H22F2N2O2S. The van der Waals surface area contributed by atoms with E-state index in [1.807, 2.05) is 0 Å². The van der Waals surface area contributed by atoms with Crippen molar-refractivity contribution in [2.45, 2.75) is 43.4 Å². The lowest BCUT2D eigenvalue weighted by Crippen LogP contribution is -2.45. The van der Waals surface area contributed by atoms with Gasteiger partial charge in [-0.25, -0.2) is 21.5 Å². The topological polar surface area (TPSA) is 63.4 Å². The Balaban J connectivity index is 1.58. The lowest BCUT2D eigenvalue weighted by atomic mass is 9.87. The number of sulfonamides is 1. The predicted molar refractivity (Wildman–Crippen MR) is 84.3 cm³/mol. The predicted octanol–water partition coefficient (Wildman–Crippen LogP) is 2.04. The highest BCUT2D eigenvalue weighted by molar-refractivity contribution is 7.90. The van der Waals surface area contributed by atoms with Crippen LogP contribution in [0.2, 0.25) is 0 Å². The molecule has 1 saturated heterocycles. The van der Waals surface area contributed by atoms with Crippen LogP contribution >= 0.6 is 0 Å². The summed E-state index contributed by atoms with van der Waals surface area (Å²) in [6.07, 6.45) is 3.14. The Morgan fingerprint density at radius 3 is 2.43 bits per heavy atom. The molecule has 0 amide bonds. The number of nitrogens with zero attached hydrogens (tertiary/aromatic N) is 1. The molecule has 0 aromatic heterocycles. The highest BCUT2D eigenvalue weighted by Crippen LogP contribution is 2.33. The third-order valence-electron chi connectivity index (χ3n) is 4.87. The summed E-state index contributed by atoms with van der Waals surface area (Å²) in [5, 5.41) is -0.186. The number of nitrogens with two attached hydrogens (primary N) is 1. The van der Waals surface area contributed by atoms with Gasteiger partial charge < -0.3 is 5.73 Å². The first-order valence-electron chi connectivity index (χ1n) is 8.06. The first-order valence-corrected chi connectivity index (χ1v) is 9.56. The maximum absolute atomic E-state index is 13.7. The van der Waals surface area contributed by atoms with Crippen molar-refractivity contribution in [1.29, 1.82) is 0 Å². The smallest absolute Gasteiger partial charge is 0.216 e. The van der Waals surface area contributed by atoms with E-state index in [9.17, 15) is 17.2 Å². The van der Waals surface area contributed by atoms with Crippen molar-refractivity contribution in [1.82, 2.24) is 4.31 Å². The highest BCUT2D eigenvalue weighted by atomic mass is 32.2. The molecule has 2 aliphatic rings. The van der Waals surface area contributed by atoms with E-state index in [2.05, 4.69) is 0 Å². The fraction of sp³-hybridized carbons (Fsp3) is 0.625. The Kier molecular flexibility index (Phi) is 4.71. The molecule has 1 aliphatic carbocycles. The molecule has 1 aromatic carbocycles. The fourth-order valence-corrected chi connectivity index (χ4v) is 5.13. The van der Waals surface area contributed by atoms with Gasteiger partial charge in [0.2, 0.25) is 10.0 Å². The monoisotopic (exact) mass is 344 g/mol. The molecule has 1 atom stereocenters. The molecule has 0 bridgehead atoms. The molecule has 1 aliphatic heterocycles. The number of hydrogen-bond acceptors (Lipinski definition) is 3. The molecule has 128 valence electrons. The van der Waals surface area contributed by atoms with Crippen LogP contribution in [0.3, 0.4) is 0 Å². The van der Waals surface area contributed by atoms with Gasteiger partial charge in [-0.15, -0.1) is 0 Å². The van der Waals surface area contributed by atoms with Gasteiger partial charge in [0.1, 0.15) is 11.6 Å². The van der Waals surface area contributed by atoms with Gasteiger partial charge in [0.25, 0.3) is 0 Å². The van der Waals surface area contributed by atoms with E-state index in [0.29, 0.717) is 25.9 Å². The number of benzene rings is 1. The summed E-state index contributed by atoms with van der Waals surface area (Å²) in [4.78, 5) is 0. The SMILES string of the molecule is N[C@@H](Cc1cc(F)ccc1F)C1CCN(S(=O)(=O)C2CC2)CC1. The van der Waals surface area contributed by atoms with Crippen LogP contribution in [-0.4, -0.2) is 37.1 Å². The molecule has 0 unspecified atom stereocenters. The first-order chi connectivity index (χ1) is 10.9. The zero-order valence-electron chi connectivity index (χ0n) is 12.9. The third-order valence-corrected chi connectivity index (χ3v) is 7.27. The standard InChI is InChI=1S/C16H22F2N2O2S/c17-13-1-4-15(18)12(9-13)10-16(19)11-5-7-20(8-6-11)23(21,22)14-2-3-14/h1,4,9,11,14,16H,2-3,5-8,10,19H2/t16-/m0/s1. The van der Waals surface area contributed by atoms with Gasteiger partial charge in [0.05, 0.1) is 5.25 Å². The maximum atomic E-state index is 13.7. The minimum absolute atomic E-state index is 0.128. The fourth-order valence-electron chi connectivity index (χ4n) is 3.26. The van der Waals surface area contributed by atoms with Crippen molar-refractivity contribution < 1.29 is 17.2 Å². The third kappa shape index (κ3) is 3.72. The molecule has 2 N–H and O–H groups in total. The highest BCUT2D eigenvalue weighted by Gasteiger charge is 2.41. The van der Waals surface area contributed by atoms with Crippen molar-refractivity contribution in [3.05, 3.63) is 35.4 Å². The van der Waals surface area contributed by atoms with E-state index in [4.69, 9.17) is 5.73 Å². The first kappa shape index (κ1) is 16.8. The molecule has 4 nitrogen and oxygen atoms in total. The van der Waals surface area contributed by atoms with E-state index in [1.165, 1.54) is 6.07 Å². The Hall–Kier alpha value is -1.05. The van der Waals surface area contributed by atoms with E-state index < -0.39 is 21.7 Å². The number of hydrogen-bond donors (Lipinski definition) is 1. The maximum Gasteiger partial charge on any atom is 0.216 e. The summed E-state index contributed by atoms with van der Waals surface area (Å²) in [6.45, 7) is 0.950. The van der Waals surface area contributed by atoms with Crippen LogP contribution in [0.5, 0.6) is 0 Å². The molecule has 1 aromatic rings. The van der Waals surface area contributed by atoms with Crippen molar-refractivity contribution in [2.24, 2.45) is 11.7 Å². The van der Waals surface area contributed by atoms with E-state index in [1.54, 1.807) is 4.31 Å². The molecule has 2 fully saturated rings. The Labute approximate surface area is 135 Å². The number of piperidine rings is 1. The molecule has 0 radical (unpaired) electrons. The van der Waals surface area contributed by atoms with Crippen molar-refractivity contribution in [3.63, 3.8) is 0 Å². The number of rotatable bonds is 5. The van der Waals surface area contributed by atoms with Crippen LogP contribution in [0.1, 0.15) is 31.2 Å². The van der Waals surface area contributed by atoms with E-state index >= 15 is 0 Å². The van der Waals surface area contributed by atoms with Crippen LogP contribution in [0.25, 0.3) is 0 Å². The van der Waals surface area contributed by atoms with Crippen molar-refractivity contribution >= 4 is 10.0 Å². The van der Waals surface area contributed by atoms with Crippen molar-refractivity contribution in [3.8, 4) is 0 Å². The van der Waals surface area contributed by atoms with Crippen LogP contribution in [0.15, 0.2) is 18.2 Å². The molecular weight excluding hydrogens is 322 g/mol. The van der Waals surface area contributed by atoms with Gasteiger partial charge in [0.15, 0.2) is 0 Å². The molecule has 0 spiro atoms. The van der Waals surface area contributed by atoms with Crippen LogP contribution in [-0.2, 0) is 16.4 Å². The Morgan fingerprint density at radius 1 is 1.17 bits per heavy atom. The van der Waals surface area contributed by atoms with Gasteiger partial charge in [-0.3, -0.25) is 0 Å². The van der Waals surface area contributed by atoms with E-state index in [0.717, 1.165) is 25.0 Å². The normalized spacial score (nSPS) is 22.2. The lowest BCUT2D eigenvalue weighted by molar-refractivity contribution is 0.242. The molecule has 3 rings (SSSR count). The Morgan fingerprint density at radius 2 is 1.83 bits per heavy atom. The van der Waals surface area contributed by atoms with Gasteiger partial charge >= 0.3 is 0 Å². The van der Waals surface area contributed by atoms with Gasteiger partial charge in [-0.2, -0.15) is 0 Å². The zero-order chi connectivity index (χ0) is 16.6. The second-order valence-corrected chi connectivity index (χ2v) is 8.80. The minimum atomic E-state index is -3.13. The van der Waals surface area contributed by atoms with Gasteiger partial charge in [-0.1, -0.05) is 0 Å².